The van der Waals surface area contributed by atoms with Crippen molar-refractivity contribution < 1.29 is 13.9 Å². The summed E-state index contributed by atoms with van der Waals surface area (Å²) in [7, 11) is 1.70. The average Bonchev–Trinajstić information content (AvgIpc) is 3.10. The Kier molecular flexibility index (Phi) is 5.65. The number of ether oxygens (including phenoxy) is 2. The maximum absolute atomic E-state index is 13.5. The standard InChI is InChI=1S/C18H20FN3O2S/c1-20-18(22-10-13-8-14(19)4-6-17(13)25-2)21-9-12-3-5-15-16(7-12)24-11-23-15/h3-8H,9-11H2,1-2H3,(H2,20,21,22). The van der Waals surface area contributed by atoms with Gasteiger partial charge in [0.1, 0.15) is 5.82 Å². The van der Waals surface area contributed by atoms with E-state index in [-0.39, 0.29) is 12.6 Å². The zero-order valence-electron chi connectivity index (χ0n) is 14.1. The SMILES string of the molecule is CN=C(NCc1ccc2c(c1)OCO2)NCc1cc(F)ccc1SC. The van der Waals surface area contributed by atoms with Crippen LogP contribution in [0, 0.1) is 5.82 Å². The van der Waals surface area contributed by atoms with E-state index in [1.54, 1.807) is 30.9 Å². The number of nitrogens with one attached hydrogen (secondary N) is 2. The summed E-state index contributed by atoms with van der Waals surface area (Å²) in [5.74, 6) is 1.93. The van der Waals surface area contributed by atoms with Gasteiger partial charge in [0.2, 0.25) is 6.79 Å². The molecule has 0 bridgehead atoms. The van der Waals surface area contributed by atoms with Gasteiger partial charge in [-0.25, -0.2) is 4.39 Å². The van der Waals surface area contributed by atoms with E-state index < -0.39 is 0 Å². The van der Waals surface area contributed by atoms with E-state index in [1.807, 2.05) is 24.5 Å². The molecule has 0 radical (unpaired) electrons. The molecule has 1 aliphatic rings. The number of rotatable bonds is 5. The molecule has 5 nitrogen and oxygen atoms in total. The number of fused-ring (bicyclic) bond motifs is 1. The van der Waals surface area contributed by atoms with Crippen molar-refractivity contribution in [3.63, 3.8) is 0 Å². The van der Waals surface area contributed by atoms with Crippen molar-refractivity contribution in [2.75, 3.05) is 20.1 Å². The minimum absolute atomic E-state index is 0.238. The third kappa shape index (κ3) is 4.36. The largest absolute Gasteiger partial charge is 0.454 e. The first-order valence-electron chi connectivity index (χ1n) is 7.85. The van der Waals surface area contributed by atoms with E-state index in [1.165, 1.54) is 6.07 Å². The molecule has 0 spiro atoms. The second-order valence-electron chi connectivity index (χ2n) is 5.42. The van der Waals surface area contributed by atoms with Crippen molar-refractivity contribution >= 4 is 17.7 Å². The summed E-state index contributed by atoms with van der Waals surface area (Å²) >= 11 is 1.59. The lowest BCUT2D eigenvalue weighted by atomic mass is 10.2. The van der Waals surface area contributed by atoms with E-state index in [0.717, 1.165) is 27.5 Å². The van der Waals surface area contributed by atoms with Crippen LogP contribution < -0.4 is 20.1 Å². The Morgan fingerprint density at radius 3 is 2.72 bits per heavy atom. The fourth-order valence-electron chi connectivity index (χ4n) is 2.52. The number of benzene rings is 2. The molecule has 0 saturated carbocycles. The van der Waals surface area contributed by atoms with E-state index in [9.17, 15) is 4.39 Å². The van der Waals surface area contributed by atoms with Gasteiger partial charge in [0.15, 0.2) is 17.5 Å². The highest BCUT2D eigenvalue weighted by atomic mass is 32.2. The quantitative estimate of drug-likeness (QED) is 0.487. The van der Waals surface area contributed by atoms with E-state index in [0.29, 0.717) is 19.0 Å². The molecule has 0 atom stereocenters. The van der Waals surface area contributed by atoms with Crippen LogP contribution in [0.2, 0.25) is 0 Å². The number of hydrogen-bond acceptors (Lipinski definition) is 4. The molecular weight excluding hydrogens is 341 g/mol. The van der Waals surface area contributed by atoms with Crippen LogP contribution in [0.25, 0.3) is 0 Å². The molecule has 132 valence electrons. The molecule has 0 unspecified atom stereocenters. The maximum atomic E-state index is 13.5. The van der Waals surface area contributed by atoms with Gasteiger partial charge in [0, 0.05) is 25.0 Å². The number of halogens is 1. The molecule has 3 rings (SSSR count). The topological polar surface area (TPSA) is 54.9 Å². The van der Waals surface area contributed by atoms with Gasteiger partial charge in [-0.15, -0.1) is 11.8 Å². The molecule has 7 heteroatoms. The predicted octanol–water partition coefficient (Wildman–Crippen LogP) is 3.14. The van der Waals surface area contributed by atoms with Gasteiger partial charge >= 0.3 is 0 Å². The van der Waals surface area contributed by atoms with Crippen LogP contribution in [0.4, 0.5) is 4.39 Å². The van der Waals surface area contributed by atoms with Crippen LogP contribution in [0.3, 0.4) is 0 Å². The predicted molar refractivity (Wildman–Crippen MR) is 97.8 cm³/mol. The summed E-state index contributed by atoms with van der Waals surface area (Å²) in [6.07, 6.45) is 1.98. The molecule has 0 fully saturated rings. The number of aliphatic imine (C=N–C) groups is 1. The first-order chi connectivity index (χ1) is 12.2. The van der Waals surface area contributed by atoms with Crippen LogP contribution >= 0.6 is 11.8 Å². The summed E-state index contributed by atoms with van der Waals surface area (Å²) in [5.41, 5.74) is 1.96. The fourth-order valence-corrected chi connectivity index (χ4v) is 3.12. The van der Waals surface area contributed by atoms with E-state index in [4.69, 9.17) is 9.47 Å². The summed E-state index contributed by atoms with van der Waals surface area (Å²) < 4.78 is 24.2. The number of thioether (sulfide) groups is 1. The molecule has 2 N–H and O–H groups in total. The van der Waals surface area contributed by atoms with Gasteiger partial charge in [-0.05, 0) is 47.7 Å². The third-order valence-corrected chi connectivity index (χ3v) is 4.65. The van der Waals surface area contributed by atoms with Crippen LogP contribution in [0.5, 0.6) is 11.5 Å². The molecule has 2 aromatic carbocycles. The molecule has 2 aromatic rings. The molecule has 0 saturated heterocycles. The summed E-state index contributed by atoms with van der Waals surface area (Å²) in [4.78, 5) is 5.25. The molecule has 0 amide bonds. The first kappa shape index (κ1) is 17.4. The summed E-state index contributed by atoms with van der Waals surface area (Å²) in [6, 6.07) is 10.6. The molecular formula is C18H20FN3O2S. The Morgan fingerprint density at radius 1 is 1.12 bits per heavy atom. The number of nitrogens with zero attached hydrogens (tertiary/aromatic N) is 1. The normalized spacial score (nSPS) is 13.0. The van der Waals surface area contributed by atoms with Crippen LogP contribution in [-0.2, 0) is 13.1 Å². The molecule has 25 heavy (non-hydrogen) atoms. The Morgan fingerprint density at radius 2 is 1.92 bits per heavy atom. The smallest absolute Gasteiger partial charge is 0.231 e. The Balaban J connectivity index is 1.58. The van der Waals surface area contributed by atoms with Crippen molar-refractivity contribution in [1.29, 1.82) is 0 Å². The minimum Gasteiger partial charge on any atom is -0.454 e. The Bertz CT molecular complexity index is 783. The zero-order valence-corrected chi connectivity index (χ0v) is 15.0. The van der Waals surface area contributed by atoms with Crippen LogP contribution in [0.1, 0.15) is 11.1 Å². The van der Waals surface area contributed by atoms with Gasteiger partial charge in [-0.1, -0.05) is 6.07 Å². The average molecular weight is 361 g/mol. The number of hydrogen-bond donors (Lipinski definition) is 2. The van der Waals surface area contributed by atoms with Gasteiger partial charge < -0.3 is 20.1 Å². The van der Waals surface area contributed by atoms with Crippen molar-refractivity contribution in [3.05, 3.63) is 53.3 Å². The van der Waals surface area contributed by atoms with Crippen molar-refractivity contribution in [2.24, 2.45) is 4.99 Å². The van der Waals surface area contributed by atoms with Crippen molar-refractivity contribution in [3.8, 4) is 11.5 Å². The molecule has 0 aliphatic carbocycles. The molecule has 1 heterocycles. The minimum atomic E-state index is -0.238. The molecule has 1 aliphatic heterocycles. The lowest BCUT2D eigenvalue weighted by Gasteiger charge is -2.14. The van der Waals surface area contributed by atoms with Gasteiger partial charge in [-0.3, -0.25) is 4.99 Å². The van der Waals surface area contributed by atoms with Crippen molar-refractivity contribution in [2.45, 2.75) is 18.0 Å². The second kappa shape index (κ2) is 8.11. The highest BCUT2D eigenvalue weighted by molar-refractivity contribution is 7.98. The highest BCUT2D eigenvalue weighted by Gasteiger charge is 2.13. The molecule has 0 aromatic heterocycles. The first-order valence-corrected chi connectivity index (χ1v) is 9.07. The van der Waals surface area contributed by atoms with Gasteiger partial charge in [-0.2, -0.15) is 0 Å². The Labute approximate surface area is 150 Å². The Hall–Kier alpha value is -2.41. The van der Waals surface area contributed by atoms with Gasteiger partial charge in [0.05, 0.1) is 0 Å². The number of guanidine groups is 1. The van der Waals surface area contributed by atoms with Crippen LogP contribution in [0.15, 0.2) is 46.3 Å². The fraction of sp³-hybridized carbons (Fsp3) is 0.278. The third-order valence-electron chi connectivity index (χ3n) is 3.81. The summed E-state index contributed by atoms with van der Waals surface area (Å²) in [6.45, 7) is 1.35. The lowest BCUT2D eigenvalue weighted by molar-refractivity contribution is 0.174. The van der Waals surface area contributed by atoms with E-state index in [2.05, 4.69) is 15.6 Å². The monoisotopic (exact) mass is 361 g/mol. The maximum Gasteiger partial charge on any atom is 0.231 e. The summed E-state index contributed by atoms with van der Waals surface area (Å²) in [5, 5.41) is 6.45. The second-order valence-corrected chi connectivity index (χ2v) is 6.27. The van der Waals surface area contributed by atoms with Crippen molar-refractivity contribution in [1.82, 2.24) is 10.6 Å². The van der Waals surface area contributed by atoms with Gasteiger partial charge in [0.25, 0.3) is 0 Å². The lowest BCUT2D eigenvalue weighted by Crippen LogP contribution is -2.36. The van der Waals surface area contributed by atoms with Crippen LogP contribution in [-0.4, -0.2) is 26.1 Å². The zero-order chi connectivity index (χ0) is 17.6. The van der Waals surface area contributed by atoms with E-state index >= 15 is 0 Å². The highest BCUT2D eigenvalue weighted by Crippen LogP contribution is 2.32.